The summed E-state index contributed by atoms with van der Waals surface area (Å²) in [6.45, 7) is 0. The highest BCUT2D eigenvalue weighted by Crippen LogP contribution is 2.30. The second-order valence-electron chi connectivity index (χ2n) is 2.22. The lowest BCUT2D eigenvalue weighted by atomic mass is 10.4. The molecule has 0 spiro atoms. The molecule has 0 bridgehead atoms. The first kappa shape index (κ1) is 8.16. The minimum Gasteiger partial charge on any atom is -0.374 e. The van der Waals surface area contributed by atoms with Crippen LogP contribution in [0, 0.1) is 11.3 Å². The minimum absolute atomic E-state index is 0.446. The summed E-state index contributed by atoms with van der Waals surface area (Å²) in [7, 11) is 0. The summed E-state index contributed by atoms with van der Waals surface area (Å²) in [6.07, 6.45) is 0. The molecular formula is C7H4N4S2. The van der Waals surface area contributed by atoms with Crippen LogP contribution in [0.4, 0.5) is 5.13 Å². The Morgan fingerprint density at radius 2 is 2.15 bits per heavy atom. The highest BCUT2D eigenvalue weighted by molar-refractivity contribution is 7.23. The van der Waals surface area contributed by atoms with E-state index in [0.29, 0.717) is 10.0 Å². The van der Waals surface area contributed by atoms with Crippen LogP contribution in [0.5, 0.6) is 0 Å². The third-order valence-corrected chi connectivity index (χ3v) is 3.28. The van der Waals surface area contributed by atoms with Crippen LogP contribution in [0.25, 0.3) is 9.88 Å². The smallest absolute Gasteiger partial charge is 0.203 e. The van der Waals surface area contributed by atoms with E-state index in [4.69, 9.17) is 11.0 Å². The molecule has 0 amide bonds. The monoisotopic (exact) mass is 208 g/mol. The van der Waals surface area contributed by atoms with Crippen LogP contribution < -0.4 is 5.73 Å². The van der Waals surface area contributed by atoms with E-state index in [0.717, 1.165) is 9.88 Å². The highest BCUT2D eigenvalue weighted by Gasteiger charge is 2.06. The number of nitriles is 1. The van der Waals surface area contributed by atoms with Crippen LogP contribution in [0.2, 0.25) is 0 Å². The molecule has 0 radical (unpaired) electrons. The molecule has 0 fully saturated rings. The first-order valence-electron chi connectivity index (χ1n) is 3.39. The van der Waals surface area contributed by atoms with Crippen molar-refractivity contribution in [1.82, 2.24) is 10.2 Å². The summed E-state index contributed by atoms with van der Waals surface area (Å²) in [6, 6.07) is 5.68. The zero-order valence-electron chi connectivity index (χ0n) is 6.39. The maximum Gasteiger partial charge on any atom is 0.203 e. The van der Waals surface area contributed by atoms with Crippen LogP contribution in [-0.4, -0.2) is 10.2 Å². The topological polar surface area (TPSA) is 75.6 Å². The molecule has 0 unspecified atom stereocenters. The molecule has 4 nitrogen and oxygen atoms in total. The Bertz CT molecular complexity index is 465. The number of nitrogens with two attached hydrogens (primary N) is 1. The number of hydrogen-bond acceptors (Lipinski definition) is 6. The quantitative estimate of drug-likeness (QED) is 0.774. The summed E-state index contributed by atoms with van der Waals surface area (Å²) in [5, 5.41) is 17.4. The Labute approximate surface area is 82.3 Å². The van der Waals surface area contributed by atoms with Crippen molar-refractivity contribution in [2.24, 2.45) is 0 Å². The van der Waals surface area contributed by atoms with E-state index in [9.17, 15) is 0 Å². The summed E-state index contributed by atoms with van der Waals surface area (Å²) in [5.41, 5.74) is 5.44. The largest absolute Gasteiger partial charge is 0.374 e. The first-order chi connectivity index (χ1) is 6.29. The van der Waals surface area contributed by atoms with Gasteiger partial charge in [0.2, 0.25) is 5.13 Å². The van der Waals surface area contributed by atoms with Gasteiger partial charge in [-0.15, -0.1) is 21.5 Å². The summed E-state index contributed by atoms with van der Waals surface area (Å²) < 4.78 is 0. The molecule has 2 aromatic rings. The molecule has 6 heteroatoms. The van der Waals surface area contributed by atoms with Crippen LogP contribution in [0.3, 0.4) is 0 Å². The molecule has 0 atom stereocenters. The number of thiophene rings is 1. The molecule has 0 aliphatic rings. The zero-order chi connectivity index (χ0) is 9.26. The van der Waals surface area contributed by atoms with Crippen molar-refractivity contribution in [3.63, 3.8) is 0 Å². The number of aromatic nitrogens is 2. The van der Waals surface area contributed by atoms with Crippen molar-refractivity contribution in [3.8, 4) is 16.0 Å². The van der Waals surface area contributed by atoms with Crippen molar-refractivity contribution >= 4 is 27.8 Å². The van der Waals surface area contributed by atoms with E-state index in [1.165, 1.54) is 22.7 Å². The van der Waals surface area contributed by atoms with Gasteiger partial charge in [0.25, 0.3) is 0 Å². The van der Waals surface area contributed by atoms with Crippen LogP contribution >= 0.6 is 22.7 Å². The van der Waals surface area contributed by atoms with Gasteiger partial charge in [0.05, 0.1) is 4.88 Å². The van der Waals surface area contributed by atoms with Crippen LogP contribution in [0.1, 0.15) is 4.88 Å². The van der Waals surface area contributed by atoms with Gasteiger partial charge >= 0.3 is 0 Å². The molecule has 0 aliphatic heterocycles. The molecule has 64 valence electrons. The van der Waals surface area contributed by atoms with Gasteiger partial charge in [0, 0.05) is 0 Å². The Kier molecular flexibility index (Phi) is 1.96. The fraction of sp³-hybridized carbons (Fsp3) is 0. The fourth-order valence-electron chi connectivity index (χ4n) is 0.847. The maximum atomic E-state index is 8.61. The van der Waals surface area contributed by atoms with E-state index in [-0.39, 0.29) is 0 Å². The average Bonchev–Trinajstić information content (AvgIpc) is 2.71. The zero-order valence-corrected chi connectivity index (χ0v) is 8.02. The lowest BCUT2D eigenvalue weighted by Crippen LogP contribution is -1.79. The molecule has 0 aliphatic carbocycles. The van der Waals surface area contributed by atoms with E-state index in [1.54, 1.807) is 6.07 Å². The van der Waals surface area contributed by atoms with Crippen molar-refractivity contribution in [2.75, 3.05) is 5.73 Å². The van der Waals surface area contributed by atoms with E-state index in [1.807, 2.05) is 6.07 Å². The maximum absolute atomic E-state index is 8.61. The van der Waals surface area contributed by atoms with Crippen LogP contribution in [0.15, 0.2) is 12.1 Å². The lowest BCUT2D eigenvalue weighted by Gasteiger charge is -1.82. The number of anilines is 1. The Hall–Kier alpha value is -1.45. The fourth-order valence-corrected chi connectivity index (χ4v) is 2.31. The predicted molar refractivity (Wildman–Crippen MR) is 52.3 cm³/mol. The Balaban J connectivity index is 2.42. The molecule has 2 rings (SSSR count). The highest BCUT2D eigenvalue weighted by atomic mass is 32.1. The van der Waals surface area contributed by atoms with Gasteiger partial charge < -0.3 is 5.73 Å². The van der Waals surface area contributed by atoms with Crippen molar-refractivity contribution in [2.45, 2.75) is 0 Å². The van der Waals surface area contributed by atoms with Crippen molar-refractivity contribution in [3.05, 3.63) is 17.0 Å². The summed E-state index contributed by atoms with van der Waals surface area (Å²) in [4.78, 5) is 1.61. The van der Waals surface area contributed by atoms with Crippen molar-refractivity contribution in [1.29, 1.82) is 5.26 Å². The molecule has 2 heterocycles. The van der Waals surface area contributed by atoms with Gasteiger partial charge in [0.1, 0.15) is 10.9 Å². The molecule has 0 aromatic carbocycles. The molecule has 2 N–H and O–H groups in total. The molecule has 0 saturated heterocycles. The molecule has 13 heavy (non-hydrogen) atoms. The lowest BCUT2D eigenvalue weighted by molar-refractivity contribution is 1.11. The third kappa shape index (κ3) is 1.52. The minimum atomic E-state index is 0.446. The number of hydrogen-bond donors (Lipinski definition) is 1. The second-order valence-corrected chi connectivity index (χ2v) is 4.31. The van der Waals surface area contributed by atoms with Gasteiger partial charge in [-0.05, 0) is 12.1 Å². The van der Waals surface area contributed by atoms with Gasteiger partial charge in [-0.1, -0.05) is 11.3 Å². The summed E-state index contributed by atoms with van der Waals surface area (Å²) >= 11 is 2.71. The number of rotatable bonds is 1. The Morgan fingerprint density at radius 1 is 1.31 bits per heavy atom. The Morgan fingerprint density at radius 3 is 2.69 bits per heavy atom. The molecule has 0 saturated carbocycles. The van der Waals surface area contributed by atoms with Crippen LogP contribution in [-0.2, 0) is 0 Å². The van der Waals surface area contributed by atoms with Gasteiger partial charge in [0.15, 0.2) is 5.01 Å². The average molecular weight is 208 g/mol. The summed E-state index contributed by atoms with van der Waals surface area (Å²) in [5.74, 6) is 0. The van der Waals surface area contributed by atoms with Crippen molar-refractivity contribution < 1.29 is 0 Å². The van der Waals surface area contributed by atoms with E-state index in [2.05, 4.69) is 16.3 Å². The van der Waals surface area contributed by atoms with Gasteiger partial charge in [-0.25, -0.2) is 0 Å². The van der Waals surface area contributed by atoms with E-state index < -0.39 is 0 Å². The normalized spacial score (nSPS) is 9.77. The standard InChI is InChI=1S/C7H4N4S2/c8-3-4-1-2-5(12-4)6-10-11-7(9)13-6/h1-2H,(H2,9,11). The van der Waals surface area contributed by atoms with Gasteiger partial charge in [-0.3, -0.25) is 0 Å². The third-order valence-electron chi connectivity index (χ3n) is 1.37. The second kappa shape index (κ2) is 3.12. The van der Waals surface area contributed by atoms with E-state index >= 15 is 0 Å². The predicted octanol–water partition coefficient (Wildman–Crippen LogP) is 1.72. The molecule has 2 aromatic heterocycles. The first-order valence-corrected chi connectivity index (χ1v) is 5.02. The number of nitrogen functional groups attached to an aromatic ring is 1. The van der Waals surface area contributed by atoms with Gasteiger partial charge in [-0.2, -0.15) is 5.26 Å². The number of nitrogens with zero attached hydrogens (tertiary/aromatic N) is 3. The SMILES string of the molecule is N#Cc1ccc(-c2nnc(N)s2)s1. The molecular weight excluding hydrogens is 204 g/mol.